The van der Waals surface area contributed by atoms with Gasteiger partial charge in [0, 0.05) is 18.1 Å². The van der Waals surface area contributed by atoms with Crippen molar-refractivity contribution in [2.75, 3.05) is 0 Å². The predicted molar refractivity (Wildman–Crippen MR) is 99.7 cm³/mol. The van der Waals surface area contributed by atoms with Gasteiger partial charge in [0.15, 0.2) is 15.3 Å². The molecular formula is C17H14N4S3. The maximum atomic E-state index is 4.43. The highest BCUT2D eigenvalue weighted by atomic mass is 32.2. The Bertz CT molecular complexity index is 883. The molecule has 0 aliphatic carbocycles. The lowest BCUT2D eigenvalue weighted by Gasteiger charge is -2.08. The molecule has 0 saturated heterocycles. The largest absolute Gasteiger partial charge is 0.301 e. The Morgan fingerprint density at radius 3 is 2.62 bits per heavy atom. The molecule has 0 aliphatic rings. The zero-order valence-corrected chi connectivity index (χ0v) is 15.2. The van der Waals surface area contributed by atoms with Crippen LogP contribution in [0.25, 0.3) is 10.7 Å². The Kier molecular flexibility index (Phi) is 4.73. The number of nitrogens with zero attached hydrogens (tertiary/aromatic N) is 4. The van der Waals surface area contributed by atoms with Gasteiger partial charge in [-0.05, 0) is 35.2 Å². The SMILES string of the molecule is c1ccc(CCn2c(Sc3nccs3)nnc2-c2cccs2)cc1. The monoisotopic (exact) mass is 370 g/mol. The molecule has 0 aliphatic heterocycles. The fourth-order valence-electron chi connectivity index (χ4n) is 2.38. The number of aryl methyl sites for hydroxylation is 1. The number of hydrogen-bond acceptors (Lipinski definition) is 6. The fourth-order valence-corrected chi connectivity index (χ4v) is 4.68. The molecule has 0 saturated carbocycles. The Morgan fingerprint density at radius 2 is 1.88 bits per heavy atom. The van der Waals surface area contributed by atoms with E-state index in [-0.39, 0.29) is 0 Å². The van der Waals surface area contributed by atoms with E-state index in [0.717, 1.165) is 33.2 Å². The van der Waals surface area contributed by atoms with Gasteiger partial charge in [-0.25, -0.2) is 4.98 Å². The van der Waals surface area contributed by atoms with Gasteiger partial charge >= 0.3 is 0 Å². The van der Waals surface area contributed by atoms with Gasteiger partial charge in [0.25, 0.3) is 0 Å². The summed E-state index contributed by atoms with van der Waals surface area (Å²) in [5, 5.41) is 13.8. The summed E-state index contributed by atoms with van der Waals surface area (Å²) in [7, 11) is 0. The topological polar surface area (TPSA) is 43.6 Å². The van der Waals surface area contributed by atoms with E-state index < -0.39 is 0 Å². The van der Waals surface area contributed by atoms with Crippen LogP contribution in [0.15, 0.2) is 68.9 Å². The van der Waals surface area contributed by atoms with Crippen LogP contribution in [0, 0.1) is 0 Å². The molecule has 1 aromatic carbocycles. The molecule has 0 unspecified atom stereocenters. The average molecular weight is 371 g/mol. The molecule has 0 atom stereocenters. The van der Waals surface area contributed by atoms with E-state index in [2.05, 4.69) is 55.5 Å². The molecule has 0 radical (unpaired) electrons. The van der Waals surface area contributed by atoms with Crippen molar-refractivity contribution >= 4 is 34.4 Å². The normalized spacial score (nSPS) is 11.0. The number of thiazole rings is 1. The zero-order chi connectivity index (χ0) is 16.2. The van der Waals surface area contributed by atoms with E-state index in [1.165, 1.54) is 5.56 Å². The van der Waals surface area contributed by atoms with E-state index in [0.29, 0.717) is 0 Å². The maximum absolute atomic E-state index is 4.43. The summed E-state index contributed by atoms with van der Waals surface area (Å²) in [6.45, 7) is 0.845. The summed E-state index contributed by atoms with van der Waals surface area (Å²) in [6.07, 6.45) is 2.76. The highest BCUT2D eigenvalue weighted by Crippen LogP contribution is 2.32. The first-order valence-corrected chi connectivity index (χ1v) is 10.1. The van der Waals surface area contributed by atoms with Crippen molar-refractivity contribution in [3.05, 3.63) is 65.0 Å². The van der Waals surface area contributed by atoms with Crippen molar-refractivity contribution in [3.8, 4) is 10.7 Å². The van der Waals surface area contributed by atoms with Crippen LogP contribution in [0.3, 0.4) is 0 Å². The van der Waals surface area contributed by atoms with Crippen LogP contribution in [0.2, 0.25) is 0 Å². The molecule has 24 heavy (non-hydrogen) atoms. The molecule has 4 rings (SSSR count). The molecule has 0 fully saturated rings. The first-order chi connectivity index (χ1) is 11.9. The van der Waals surface area contributed by atoms with Gasteiger partial charge in [-0.1, -0.05) is 36.4 Å². The highest BCUT2D eigenvalue weighted by Gasteiger charge is 2.16. The Labute approximate surface area is 152 Å². The minimum Gasteiger partial charge on any atom is -0.301 e. The van der Waals surface area contributed by atoms with Crippen LogP contribution in [-0.4, -0.2) is 19.7 Å². The maximum Gasteiger partial charge on any atom is 0.198 e. The molecule has 4 nitrogen and oxygen atoms in total. The highest BCUT2D eigenvalue weighted by molar-refractivity contribution is 8.00. The first kappa shape index (κ1) is 15.6. The van der Waals surface area contributed by atoms with Gasteiger partial charge < -0.3 is 4.57 Å². The number of rotatable bonds is 6. The van der Waals surface area contributed by atoms with Crippen LogP contribution >= 0.6 is 34.4 Å². The van der Waals surface area contributed by atoms with Crippen molar-refractivity contribution in [3.63, 3.8) is 0 Å². The lowest BCUT2D eigenvalue weighted by Crippen LogP contribution is -2.04. The molecule has 120 valence electrons. The Morgan fingerprint density at radius 1 is 0.958 bits per heavy atom. The summed E-state index contributed by atoms with van der Waals surface area (Å²) in [5.41, 5.74) is 1.31. The van der Waals surface area contributed by atoms with E-state index in [9.17, 15) is 0 Å². The number of benzene rings is 1. The quantitative estimate of drug-likeness (QED) is 0.486. The Balaban J connectivity index is 1.64. The van der Waals surface area contributed by atoms with E-state index in [1.54, 1.807) is 34.4 Å². The standard InChI is InChI=1S/C17H14N4S3/c1-2-5-13(6-3-1)8-10-21-15(14-7-4-11-22-14)19-20-16(21)24-17-18-9-12-23-17/h1-7,9,11-12H,8,10H2. The summed E-state index contributed by atoms with van der Waals surface area (Å²) in [4.78, 5) is 5.49. The van der Waals surface area contributed by atoms with Crippen LogP contribution in [0.1, 0.15) is 5.56 Å². The van der Waals surface area contributed by atoms with Crippen molar-refractivity contribution in [2.24, 2.45) is 0 Å². The van der Waals surface area contributed by atoms with Gasteiger partial charge in [0.1, 0.15) is 0 Å². The van der Waals surface area contributed by atoms with Crippen LogP contribution in [-0.2, 0) is 13.0 Å². The molecule has 0 amide bonds. The first-order valence-electron chi connectivity index (χ1n) is 7.48. The van der Waals surface area contributed by atoms with E-state index >= 15 is 0 Å². The lowest BCUT2D eigenvalue weighted by atomic mass is 10.1. The smallest absolute Gasteiger partial charge is 0.198 e. The second kappa shape index (κ2) is 7.29. The zero-order valence-electron chi connectivity index (χ0n) is 12.7. The lowest BCUT2D eigenvalue weighted by molar-refractivity contribution is 0.640. The minimum absolute atomic E-state index is 0.845. The van der Waals surface area contributed by atoms with Gasteiger partial charge in [0.05, 0.1) is 4.88 Å². The number of thiophene rings is 1. The molecule has 7 heteroatoms. The van der Waals surface area contributed by atoms with Crippen LogP contribution in [0.5, 0.6) is 0 Å². The molecular weight excluding hydrogens is 356 g/mol. The summed E-state index contributed by atoms with van der Waals surface area (Å²) in [5.74, 6) is 0.931. The van der Waals surface area contributed by atoms with E-state index in [1.807, 2.05) is 23.7 Å². The molecule has 0 bridgehead atoms. The van der Waals surface area contributed by atoms with Crippen LogP contribution in [0.4, 0.5) is 0 Å². The van der Waals surface area contributed by atoms with Crippen molar-refractivity contribution < 1.29 is 0 Å². The molecule has 0 spiro atoms. The van der Waals surface area contributed by atoms with Gasteiger partial charge in [0.2, 0.25) is 0 Å². The van der Waals surface area contributed by atoms with Gasteiger partial charge in [-0.3, -0.25) is 0 Å². The third-order valence-electron chi connectivity index (χ3n) is 3.51. The Hall–Kier alpha value is -1.96. The number of aromatic nitrogens is 4. The summed E-state index contributed by atoms with van der Waals surface area (Å²) in [6, 6.07) is 14.6. The second-order valence-electron chi connectivity index (χ2n) is 5.07. The van der Waals surface area contributed by atoms with Gasteiger partial charge in [-0.2, -0.15) is 0 Å². The molecule has 0 N–H and O–H groups in total. The summed E-state index contributed by atoms with van der Waals surface area (Å²) < 4.78 is 3.19. The van der Waals surface area contributed by atoms with E-state index in [4.69, 9.17) is 0 Å². The third-order valence-corrected chi connectivity index (χ3v) is 6.25. The molecule has 3 heterocycles. The van der Waals surface area contributed by atoms with Crippen molar-refractivity contribution in [2.45, 2.75) is 22.5 Å². The third kappa shape index (κ3) is 3.43. The van der Waals surface area contributed by atoms with Crippen molar-refractivity contribution in [1.82, 2.24) is 19.7 Å². The molecule has 4 aromatic rings. The summed E-state index contributed by atoms with van der Waals surface area (Å²) >= 11 is 4.88. The van der Waals surface area contributed by atoms with Crippen LogP contribution < -0.4 is 0 Å². The minimum atomic E-state index is 0.845. The predicted octanol–water partition coefficient (Wildman–Crippen LogP) is 4.86. The average Bonchev–Trinajstić information content (AvgIpc) is 3.36. The molecule has 3 aromatic heterocycles. The number of hydrogen-bond donors (Lipinski definition) is 0. The second-order valence-corrected chi connectivity index (χ2v) is 8.13. The van der Waals surface area contributed by atoms with Gasteiger partial charge in [-0.15, -0.1) is 32.9 Å². The van der Waals surface area contributed by atoms with Crippen molar-refractivity contribution in [1.29, 1.82) is 0 Å². The fraction of sp³-hybridized carbons (Fsp3) is 0.118.